The molecule has 156 valence electrons. The summed E-state index contributed by atoms with van der Waals surface area (Å²) in [5.41, 5.74) is -0.263. The van der Waals surface area contributed by atoms with Crippen molar-refractivity contribution >= 4 is 29.4 Å². The zero-order chi connectivity index (χ0) is 21.3. The molecule has 3 amide bonds. The Morgan fingerprint density at radius 1 is 1.10 bits per heavy atom. The fourth-order valence-electron chi connectivity index (χ4n) is 3.83. The van der Waals surface area contributed by atoms with Gasteiger partial charge >= 0.3 is 5.97 Å². The smallest absolute Gasteiger partial charge is 0.329 e. The second kappa shape index (κ2) is 8.26. The third-order valence-corrected chi connectivity index (χ3v) is 5.45. The van der Waals surface area contributed by atoms with Crippen molar-refractivity contribution in [1.29, 1.82) is 0 Å². The highest BCUT2D eigenvalue weighted by Crippen LogP contribution is 2.39. The lowest BCUT2D eigenvalue weighted by atomic mass is 9.81. The molecule has 1 N–H and O–H groups in total. The molecule has 29 heavy (non-hydrogen) atoms. The first-order chi connectivity index (χ1) is 13.7. The van der Waals surface area contributed by atoms with Gasteiger partial charge in [-0.25, -0.2) is 13.6 Å². The summed E-state index contributed by atoms with van der Waals surface area (Å²) in [7, 11) is 0. The summed E-state index contributed by atoms with van der Waals surface area (Å²) in [5.74, 6) is -5.06. The zero-order valence-electron chi connectivity index (χ0n) is 16.1. The summed E-state index contributed by atoms with van der Waals surface area (Å²) in [6, 6.07) is 1.46. The van der Waals surface area contributed by atoms with Crippen LogP contribution in [-0.4, -0.2) is 40.7 Å². The lowest BCUT2D eigenvalue weighted by molar-refractivity contribution is -0.163. The van der Waals surface area contributed by atoms with Crippen LogP contribution >= 0.6 is 0 Å². The zero-order valence-corrected chi connectivity index (χ0v) is 16.1. The minimum atomic E-state index is -1.32. The molecule has 1 saturated heterocycles. The predicted molar refractivity (Wildman–Crippen MR) is 97.3 cm³/mol. The molecule has 1 aromatic rings. The molecule has 0 aromatic heterocycles. The van der Waals surface area contributed by atoms with Crippen LogP contribution in [0.5, 0.6) is 0 Å². The standard InChI is InChI=1S/C20H22F2N2O5/c1-10(24-18(26)13-5-3-4-6-14(13)19(24)27)20(28)29-11(2)17(25)23-16-8-7-12(21)9-15(16)22/h7-11,13-14H,3-6H2,1-2H3,(H,23,25)/t10-,11+,13-,14+/m0/s1. The number of ether oxygens (including phenoxy) is 1. The summed E-state index contributed by atoms with van der Waals surface area (Å²) in [6.07, 6.45) is 1.66. The van der Waals surface area contributed by atoms with Gasteiger partial charge in [-0.2, -0.15) is 0 Å². The van der Waals surface area contributed by atoms with Crippen LogP contribution in [0, 0.1) is 23.5 Å². The minimum absolute atomic E-state index is 0.263. The van der Waals surface area contributed by atoms with Gasteiger partial charge in [0.15, 0.2) is 6.10 Å². The highest BCUT2D eigenvalue weighted by Gasteiger charge is 2.51. The van der Waals surface area contributed by atoms with E-state index < -0.39 is 47.5 Å². The molecule has 1 heterocycles. The van der Waals surface area contributed by atoms with Crippen LogP contribution in [0.4, 0.5) is 14.5 Å². The fourth-order valence-corrected chi connectivity index (χ4v) is 3.83. The van der Waals surface area contributed by atoms with Gasteiger partial charge in [-0.15, -0.1) is 0 Å². The van der Waals surface area contributed by atoms with Crippen LogP contribution < -0.4 is 5.32 Å². The van der Waals surface area contributed by atoms with Gasteiger partial charge in [0.25, 0.3) is 5.91 Å². The number of anilines is 1. The molecule has 1 aliphatic carbocycles. The van der Waals surface area contributed by atoms with E-state index in [1.807, 2.05) is 0 Å². The molecule has 1 aromatic carbocycles. The molecular weight excluding hydrogens is 386 g/mol. The predicted octanol–water partition coefficient (Wildman–Crippen LogP) is 2.40. The number of rotatable bonds is 5. The lowest BCUT2D eigenvalue weighted by Crippen LogP contribution is -2.46. The minimum Gasteiger partial charge on any atom is -0.451 e. The summed E-state index contributed by atoms with van der Waals surface area (Å²) >= 11 is 0. The number of likely N-dealkylation sites (tertiary alicyclic amines) is 1. The lowest BCUT2D eigenvalue weighted by Gasteiger charge is -2.23. The Balaban J connectivity index is 1.62. The second-order valence-corrected chi connectivity index (χ2v) is 7.41. The maximum absolute atomic E-state index is 13.7. The SMILES string of the molecule is C[C@@H](OC(=O)[C@H](C)N1C(=O)[C@H]2CCCC[C@H]2C1=O)C(=O)Nc1ccc(F)cc1F. The number of hydrogen-bond donors (Lipinski definition) is 1. The van der Waals surface area contributed by atoms with Crippen LogP contribution in [0.2, 0.25) is 0 Å². The number of hydrogen-bond acceptors (Lipinski definition) is 5. The first kappa shape index (κ1) is 20.9. The normalized spacial score (nSPS) is 23.4. The molecule has 2 aliphatic rings. The molecule has 9 heteroatoms. The van der Waals surface area contributed by atoms with Gasteiger partial charge in [-0.1, -0.05) is 12.8 Å². The van der Waals surface area contributed by atoms with E-state index in [4.69, 9.17) is 4.74 Å². The van der Waals surface area contributed by atoms with Crippen molar-refractivity contribution in [1.82, 2.24) is 4.90 Å². The van der Waals surface area contributed by atoms with E-state index in [2.05, 4.69) is 5.32 Å². The molecule has 1 saturated carbocycles. The van der Waals surface area contributed by atoms with Crippen molar-refractivity contribution in [2.45, 2.75) is 51.7 Å². The molecule has 7 nitrogen and oxygen atoms in total. The van der Waals surface area contributed by atoms with Crippen LogP contribution in [0.3, 0.4) is 0 Å². The van der Waals surface area contributed by atoms with Gasteiger partial charge in [0.05, 0.1) is 17.5 Å². The van der Waals surface area contributed by atoms with E-state index in [-0.39, 0.29) is 17.5 Å². The average molecular weight is 408 g/mol. The Kier molecular flexibility index (Phi) is 5.95. The molecule has 2 fully saturated rings. The molecule has 3 rings (SSSR count). The number of nitrogens with zero attached hydrogens (tertiary/aromatic N) is 1. The number of amides is 3. The molecule has 0 spiro atoms. The van der Waals surface area contributed by atoms with Crippen molar-refractivity contribution in [3.8, 4) is 0 Å². The second-order valence-electron chi connectivity index (χ2n) is 7.41. The van der Waals surface area contributed by atoms with E-state index in [1.54, 1.807) is 0 Å². The molecular formula is C20H22F2N2O5. The summed E-state index contributed by atoms with van der Waals surface area (Å²) in [5, 5.41) is 2.20. The van der Waals surface area contributed by atoms with Crippen LogP contribution in [0.1, 0.15) is 39.5 Å². The van der Waals surface area contributed by atoms with Crippen LogP contribution in [0.25, 0.3) is 0 Å². The quantitative estimate of drug-likeness (QED) is 0.597. The Hall–Kier alpha value is -2.84. The maximum atomic E-state index is 13.7. The average Bonchev–Trinajstić information content (AvgIpc) is 2.94. The van der Waals surface area contributed by atoms with E-state index in [1.165, 1.54) is 13.8 Å². The van der Waals surface area contributed by atoms with Crippen molar-refractivity contribution < 1.29 is 32.7 Å². The fraction of sp³-hybridized carbons (Fsp3) is 0.500. The van der Waals surface area contributed by atoms with Gasteiger partial charge in [-0.05, 0) is 38.8 Å². The molecule has 4 atom stereocenters. The monoisotopic (exact) mass is 408 g/mol. The Labute approximate surface area is 166 Å². The largest absolute Gasteiger partial charge is 0.451 e. The van der Waals surface area contributed by atoms with Gasteiger partial charge in [0.2, 0.25) is 11.8 Å². The number of imide groups is 1. The van der Waals surface area contributed by atoms with Gasteiger partial charge in [0.1, 0.15) is 17.7 Å². The highest BCUT2D eigenvalue weighted by molar-refractivity contribution is 6.08. The van der Waals surface area contributed by atoms with E-state index in [0.29, 0.717) is 18.9 Å². The summed E-state index contributed by atoms with van der Waals surface area (Å²) < 4.78 is 31.7. The number of fused-ring (bicyclic) bond motifs is 1. The first-order valence-corrected chi connectivity index (χ1v) is 9.54. The van der Waals surface area contributed by atoms with E-state index in [0.717, 1.165) is 29.9 Å². The Morgan fingerprint density at radius 3 is 2.24 bits per heavy atom. The van der Waals surface area contributed by atoms with Crippen molar-refractivity contribution in [3.63, 3.8) is 0 Å². The number of carbonyl (C=O) groups is 4. The van der Waals surface area contributed by atoms with Gasteiger partial charge in [-0.3, -0.25) is 19.3 Å². The Morgan fingerprint density at radius 2 is 1.69 bits per heavy atom. The summed E-state index contributed by atoms with van der Waals surface area (Å²) in [4.78, 5) is 50.7. The van der Waals surface area contributed by atoms with Gasteiger partial charge < -0.3 is 10.1 Å². The van der Waals surface area contributed by atoms with E-state index >= 15 is 0 Å². The number of benzene rings is 1. The third-order valence-electron chi connectivity index (χ3n) is 5.45. The van der Waals surface area contributed by atoms with Crippen molar-refractivity contribution in [2.24, 2.45) is 11.8 Å². The number of esters is 1. The van der Waals surface area contributed by atoms with Crippen molar-refractivity contribution in [3.05, 3.63) is 29.8 Å². The van der Waals surface area contributed by atoms with Crippen LogP contribution in [-0.2, 0) is 23.9 Å². The summed E-state index contributed by atoms with van der Waals surface area (Å²) in [6.45, 7) is 2.65. The van der Waals surface area contributed by atoms with Gasteiger partial charge in [0, 0.05) is 6.07 Å². The third kappa shape index (κ3) is 4.13. The first-order valence-electron chi connectivity index (χ1n) is 9.54. The number of carbonyl (C=O) groups excluding carboxylic acids is 4. The van der Waals surface area contributed by atoms with Crippen molar-refractivity contribution in [2.75, 3.05) is 5.32 Å². The van der Waals surface area contributed by atoms with Crippen LogP contribution in [0.15, 0.2) is 18.2 Å². The topological polar surface area (TPSA) is 92.8 Å². The Bertz CT molecular complexity index is 835. The number of nitrogens with one attached hydrogen (secondary N) is 1. The molecule has 0 radical (unpaired) electrons. The molecule has 0 unspecified atom stereocenters. The highest BCUT2D eigenvalue weighted by atomic mass is 19.1. The van der Waals surface area contributed by atoms with E-state index in [9.17, 15) is 28.0 Å². The maximum Gasteiger partial charge on any atom is 0.329 e. The molecule has 0 bridgehead atoms. The molecule has 1 aliphatic heterocycles. The number of halogens is 2.